The van der Waals surface area contributed by atoms with Gasteiger partial charge in [-0.15, -0.1) is 0 Å². The highest BCUT2D eigenvalue weighted by atomic mass is 32.2. The second kappa shape index (κ2) is 8.53. The number of sulfonamides is 1. The van der Waals surface area contributed by atoms with Gasteiger partial charge in [0.25, 0.3) is 0 Å². The van der Waals surface area contributed by atoms with Crippen LogP contribution >= 0.6 is 0 Å². The lowest BCUT2D eigenvalue weighted by atomic mass is 10.0. The SMILES string of the molecule is COC(=O)CCCCCNS(=O)(=O)C1CCCCC1. The van der Waals surface area contributed by atoms with Gasteiger partial charge in [0.15, 0.2) is 0 Å². The Bertz CT molecular complexity index is 361. The van der Waals surface area contributed by atoms with Crippen LogP contribution in [0, 0.1) is 0 Å². The maximum absolute atomic E-state index is 12.0. The largest absolute Gasteiger partial charge is 0.469 e. The van der Waals surface area contributed by atoms with E-state index in [4.69, 9.17) is 0 Å². The van der Waals surface area contributed by atoms with Crippen molar-refractivity contribution in [3.8, 4) is 0 Å². The third-order valence-electron chi connectivity index (χ3n) is 3.58. The fraction of sp³-hybridized carbons (Fsp3) is 0.923. The molecule has 5 nitrogen and oxygen atoms in total. The topological polar surface area (TPSA) is 72.5 Å². The summed E-state index contributed by atoms with van der Waals surface area (Å²) in [7, 11) is -1.76. The van der Waals surface area contributed by atoms with Crippen molar-refractivity contribution in [2.24, 2.45) is 0 Å². The Labute approximate surface area is 116 Å². The first kappa shape index (κ1) is 16.4. The zero-order valence-corrected chi connectivity index (χ0v) is 12.5. The summed E-state index contributed by atoms with van der Waals surface area (Å²) < 4.78 is 31.2. The maximum atomic E-state index is 12.0. The van der Waals surface area contributed by atoms with Gasteiger partial charge < -0.3 is 4.74 Å². The number of methoxy groups -OCH3 is 1. The molecule has 0 atom stereocenters. The quantitative estimate of drug-likeness (QED) is 0.548. The number of rotatable bonds is 8. The molecule has 0 spiro atoms. The highest BCUT2D eigenvalue weighted by Crippen LogP contribution is 2.22. The van der Waals surface area contributed by atoms with E-state index in [0.717, 1.165) is 51.4 Å². The van der Waals surface area contributed by atoms with Crippen molar-refractivity contribution in [3.63, 3.8) is 0 Å². The average Bonchev–Trinajstić information content (AvgIpc) is 2.43. The molecule has 1 N–H and O–H groups in total. The minimum Gasteiger partial charge on any atom is -0.469 e. The number of nitrogens with one attached hydrogen (secondary N) is 1. The Hall–Kier alpha value is -0.620. The van der Waals surface area contributed by atoms with Gasteiger partial charge in [0.2, 0.25) is 10.0 Å². The second-order valence-corrected chi connectivity index (χ2v) is 7.13. The third-order valence-corrected chi connectivity index (χ3v) is 5.54. The van der Waals surface area contributed by atoms with Gasteiger partial charge in [0.05, 0.1) is 12.4 Å². The van der Waals surface area contributed by atoms with Gasteiger partial charge in [-0.05, 0) is 25.7 Å². The molecule has 0 bridgehead atoms. The molecule has 6 heteroatoms. The first-order valence-corrected chi connectivity index (χ1v) is 8.66. The smallest absolute Gasteiger partial charge is 0.305 e. The molecule has 0 heterocycles. The summed E-state index contributed by atoms with van der Waals surface area (Å²) >= 11 is 0. The molecule has 1 fully saturated rings. The molecule has 112 valence electrons. The first-order valence-electron chi connectivity index (χ1n) is 7.11. The van der Waals surface area contributed by atoms with E-state index in [2.05, 4.69) is 9.46 Å². The summed E-state index contributed by atoms with van der Waals surface area (Å²) in [5.41, 5.74) is 0. The summed E-state index contributed by atoms with van der Waals surface area (Å²) in [6, 6.07) is 0. The van der Waals surface area contributed by atoms with E-state index in [9.17, 15) is 13.2 Å². The lowest BCUT2D eigenvalue weighted by Crippen LogP contribution is -2.36. The standard InChI is InChI=1S/C13H25NO4S/c1-18-13(15)10-6-3-7-11-14-19(16,17)12-8-4-2-5-9-12/h12,14H,2-11H2,1H3. The zero-order valence-electron chi connectivity index (χ0n) is 11.7. The second-order valence-electron chi connectivity index (χ2n) is 5.09. The van der Waals surface area contributed by atoms with E-state index < -0.39 is 10.0 Å². The van der Waals surface area contributed by atoms with E-state index in [0.29, 0.717) is 13.0 Å². The number of ether oxygens (including phenoxy) is 1. The molecule has 1 aliphatic carbocycles. The average molecular weight is 291 g/mol. The van der Waals surface area contributed by atoms with Crippen molar-refractivity contribution in [3.05, 3.63) is 0 Å². The number of esters is 1. The Morgan fingerprint density at radius 2 is 1.84 bits per heavy atom. The lowest BCUT2D eigenvalue weighted by Gasteiger charge is -2.21. The van der Waals surface area contributed by atoms with Crippen molar-refractivity contribution >= 4 is 16.0 Å². The van der Waals surface area contributed by atoms with E-state index in [1.807, 2.05) is 0 Å². The molecule has 0 aromatic rings. The lowest BCUT2D eigenvalue weighted by molar-refractivity contribution is -0.140. The number of carbonyl (C=O) groups is 1. The van der Waals surface area contributed by atoms with Crippen LogP contribution in [0.4, 0.5) is 0 Å². The van der Waals surface area contributed by atoms with Gasteiger partial charge in [-0.25, -0.2) is 13.1 Å². The fourth-order valence-electron chi connectivity index (χ4n) is 2.38. The summed E-state index contributed by atoms with van der Waals surface area (Å²) in [6.07, 6.45) is 7.53. The minimum absolute atomic E-state index is 0.198. The molecular formula is C13H25NO4S. The summed E-state index contributed by atoms with van der Waals surface area (Å²) in [5, 5.41) is -0.198. The van der Waals surface area contributed by atoms with E-state index >= 15 is 0 Å². The highest BCUT2D eigenvalue weighted by Gasteiger charge is 2.26. The molecule has 0 aliphatic heterocycles. The zero-order chi connectivity index (χ0) is 14.1. The highest BCUT2D eigenvalue weighted by molar-refractivity contribution is 7.90. The molecule has 19 heavy (non-hydrogen) atoms. The number of hydrogen-bond donors (Lipinski definition) is 1. The maximum Gasteiger partial charge on any atom is 0.305 e. The van der Waals surface area contributed by atoms with Crippen LogP contribution in [0.3, 0.4) is 0 Å². The Morgan fingerprint density at radius 3 is 2.47 bits per heavy atom. The van der Waals surface area contributed by atoms with Crippen molar-refractivity contribution in [2.75, 3.05) is 13.7 Å². The van der Waals surface area contributed by atoms with Crippen molar-refractivity contribution in [1.29, 1.82) is 0 Å². The van der Waals surface area contributed by atoms with E-state index in [1.165, 1.54) is 7.11 Å². The van der Waals surface area contributed by atoms with Crippen molar-refractivity contribution in [1.82, 2.24) is 4.72 Å². The van der Waals surface area contributed by atoms with E-state index in [1.54, 1.807) is 0 Å². The van der Waals surface area contributed by atoms with Gasteiger partial charge in [-0.3, -0.25) is 4.79 Å². The Kier molecular flexibility index (Phi) is 7.38. The van der Waals surface area contributed by atoms with Gasteiger partial charge in [-0.2, -0.15) is 0 Å². The molecule has 0 amide bonds. The third kappa shape index (κ3) is 6.38. The molecule has 1 saturated carbocycles. The predicted molar refractivity (Wildman–Crippen MR) is 74.3 cm³/mol. The molecule has 0 saturated heterocycles. The minimum atomic E-state index is -3.13. The van der Waals surface area contributed by atoms with Crippen LogP contribution in [0.25, 0.3) is 0 Å². The monoisotopic (exact) mass is 291 g/mol. The molecule has 0 aromatic heterocycles. The molecule has 0 aromatic carbocycles. The first-order chi connectivity index (χ1) is 9.06. The Balaban J connectivity index is 2.12. The summed E-state index contributed by atoms with van der Waals surface area (Å²) in [4.78, 5) is 10.9. The van der Waals surface area contributed by atoms with E-state index in [-0.39, 0.29) is 11.2 Å². The molecule has 1 aliphatic rings. The van der Waals surface area contributed by atoms with Crippen LogP contribution in [0.5, 0.6) is 0 Å². The predicted octanol–water partition coefficient (Wildman–Crippen LogP) is 1.97. The summed E-state index contributed by atoms with van der Waals surface area (Å²) in [5.74, 6) is -0.206. The van der Waals surface area contributed by atoms with Crippen LogP contribution in [-0.4, -0.2) is 33.3 Å². The van der Waals surface area contributed by atoms with Crippen molar-refractivity contribution < 1.29 is 17.9 Å². The normalized spacial score (nSPS) is 17.3. The molecular weight excluding hydrogens is 266 g/mol. The van der Waals surface area contributed by atoms with Crippen LogP contribution < -0.4 is 4.72 Å². The van der Waals surface area contributed by atoms with Crippen LogP contribution in [-0.2, 0) is 19.6 Å². The van der Waals surface area contributed by atoms with Gasteiger partial charge in [0.1, 0.15) is 0 Å². The summed E-state index contributed by atoms with van der Waals surface area (Å²) in [6.45, 7) is 0.472. The molecule has 1 rings (SSSR count). The molecule has 0 unspecified atom stereocenters. The Morgan fingerprint density at radius 1 is 1.16 bits per heavy atom. The van der Waals surface area contributed by atoms with Crippen LogP contribution in [0.2, 0.25) is 0 Å². The van der Waals surface area contributed by atoms with Crippen LogP contribution in [0.1, 0.15) is 57.8 Å². The number of hydrogen-bond acceptors (Lipinski definition) is 4. The van der Waals surface area contributed by atoms with Gasteiger partial charge >= 0.3 is 5.97 Å². The fourth-order valence-corrected chi connectivity index (χ4v) is 4.00. The number of carbonyl (C=O) groups excluding carboxylic acids is 1. The molecule has 0 radical (unpaired) electrons. The van der Waals surface area contributed by atoms with Crippen molar-refractivity contribution in [2.45, 2.75) is 63.0 Å². The number of unbranched alkanes of at least 4 members (excludes halogenated alkanes) is 2. The van der Waals surface area contributed by atoms with Crippen LogP contribution in [0.15, 0.2) is 0 Å². The van der Waals surface area contributed by atoms with Gasteiger partial charge in [0, 0.05) is 13.0 Å². The van der Waals surface area contributed by atoms with Gasteiger partial charge in [-0.1, -0.05) is 25.7 Å².